The number of Topliss-reactive ketones (excluding diaryl/α,β-unsaturated/α-hetero) is 1. The van der Waals surface area contributed by atoms with E-state index in [-0.39, 0.29) is 30.1 Å². The Balaban J connectivity index is 3.82. The Labute approximate surface area is 131 Å². The second-order valence-corrected chi connectivity index (χ2v) is 5.66. The molecule has 2 amide bonds. The van der Waals surface area contributed by atoms with E-state index in [1.165, 1.54) is 6.92 Å². The molecule has 0 heterocycles. The van der Waals surface area contributed by atoms with Gasteiger partial charge < -0.3 is 21.6 Å². The standard InChI is InChI=1S/C14H28N4O4/c1-9(2)12(18-22)14(21)16-7-5-4-6-11(15)13(20)17-8-10(3)19/h9,11-12,18,22H,4-8,15H2,1-3H3,(H,16,21)(H,17,20)/t11-,12-/m0/s1. The number of carbonyl (C=O) groups excluding carboxylic acids is 3. The van der Waals surface area contributed by atoms with Gasteiger partial charge in [0.2, 0.25) is 11.8 Å². The fraction of sp³-hybridized carbons (Fsp3) is 0.786. The number of carbonyl (C=O) groups is 3. The summed E-state index contributed by atoms with van der Waals surface area (Å²) < 4.78 is 0. The highest BCUT2D eigenvalue weighted by Crippen LogP contribution is 2.02. The maximum atomic E-state index is 11.7. The van der Waals surface area contributed by atoms with E-state index < -0.39 is 12.1 Å². The van der Waals surface area contributed by atoms with Crippen molar-refractivity contribution in [3.63, 3.8) is 0 Å². The van der Waals surface area contributed by atoms with Gasteiger partial charge in [0.1, 0.15) is 11.8 Å². The van der Waals surface area contributed by atoms with Crippen LogP contribution < -0.4 is 21.8 Å². The van der Waals surface area contributed by atoms with Crippen molar-refractivity contribution in [1.29, 1.82) is 0 Å². The molecular weight excluding hydrogens is 288 g/mol. The molecule has 0 aliphatic carbocycles. The van der Waals surface area contributed by atoms with Crippen LogP contribution in [-0.2, 0) is 14.4 Å². The molecule has 0 fully saturated rings. The van der Waals surface area contributed by atoms with Gasteiger partial charge in [-0.1, -0.05) is 13.8 Å². The van der Waals surface area contributed by atoms with Gasteiger partial charge in [0.15, 0.2) is 0 Å². The summed E-state index contributed by atoms with van der Waals surface area (Å²) in [5.74, 6) is -0.756. The summed E-state index contributed by atoms with van der Waals surface area (Å²) >= 11 is 0. The van der Waals surface area contributed by atoms with Crippen LogP contribution in [0.1, 0.15) is 40.0 Å². The van der Waals surface area contributed by atoms with Crippen molar-refractivity contribution in [1.82, 2.24) is 16.1 Å². The Morgan fingerprint density at radius 1 is 1.09 bits per heavy atom. The van der Waals surface area contributed by atoms with E-state index in [0.29, 0.717) is 25.8 Å². The van der Waals surface area contributed by atoms with Crippen molar-refractivity contribution in [2.24, 2.45) is 11.7 Å². The first kappa shape index (κ1) is 20.5. The number of hydroxylamine groups is 1. The van der Waals surface area contributed by atoms with Crippen LogP contribution in [-0.4, -0.2) is 48.0 Å². The Bertz CT molecular complexity index is 374. The molecule has 2 atom stereocenters. The van der Waals surface area contributed by atoms with Gasteiger partial charge in [-0.2, -0.15) is 5.48 Å². The fourth-order valence-corrected chi connectivity index (χ4v) is 1.80. The van der Waals surface area contributed by atoms with E-state index in [2.05, 4.69) is 10.6 Å². The minimum absolute atomic E-state index is 0.00661. The van der Waals surface area contributed by atoms with Crippen LogP contribution in [0.15, 0.2) is 0 Å². The minimum Gasteiger partial charge on any atom is -0.355 e. The molecule has 0 unspecified atom stereocenters. The van der Waals surface area contributed by atoms with Crippen LogP contribution in [0.2, 0.25) is 0 Å². The van der Waals surface area contributed by atoms with Crippen LogP contribution in [0.25, 0.3) is 0 Å². The van der Waals surface area contributed by atoms with Gasteiger partial charge in [-0.3, -0.25) is 14.4 Å². The molecule has 6 N–H and O–H groups in total. The summed E-state index contributed by atoms with van der Waals surface area (Å²) in [7, 11) is 0. The van der Waals surface area contributed by atoms with Crippen molar-refractivity contribution in [3.05, 3.63) is 0 Å². The molecule has 0 aromatic carbocycles. The molecule has 8 heteroatoms. The van der Waals surface area contributed by atoms with Gasteiger partial charge in [0.25, 0.3) is 0 Å². The quantitative estimate of drug-likeness (QED) is 0.253. The van der Waals surface area contributed by atoms with Crippen molar-refractivity contribution in [3.8, 4) is 0 Å². The SMILES string of the molecule is CC(=O)CNC(=O)[C@@H](N)CCCCNC(=O)[C@@H](NO)C(C)C. The first-order chi connectivity index (χ1) is 10.3. The summed E-state index contributed by atoms with van der Waals surface area (Å²) in [6.07, 6.45) is 1.83. The van der Waals surface area contributed by atoms with Gasteiger partial charge in [0.05, 0.1) is 12.6 Å². The van der Waals surface area contributed by atoms with Crippen molar-refractivity contribution in [2.75, 3.05) is 13.1 Å². The number of rotatable bonds is 11. The summed E-state index contributed by atoms with van der Waals surface area (Å²) in [4.78, 5) is 34.0. The zero-order chi connectivity index (χ0) is 17.1. The van der Waals surface area contributed by atoms with E-state index in [4.69, 9.17) is 10.9 Å². The summed E-state index contributed by atoms with van der Waals surface area (Å²) in [5, 5.41) is 14.1. The van der Waals surface area contributed by atoms with Crippen molar-refractivity contribution in [2.45, 2.75) is 52.1 Å². The Hall–Kier alpha value is -1.51. The number of hydrogen-bond acceptors (Lipinski definition) is 6. The van der Waals surface area contributed by atoms with Crippen LogP contribution in [0.4, 0.5) is 0 Å². The lowest BCUT2D eigenvalue weighted by atomic mass is 10.0. The molecule has 0 saturated heterocycles. The van der Waals surface area contributed by atoms with Crippen molar-refractivity contribution < 1.29 is 19.6 Å². The van der Waals surface area contributed by atoms with Gasteiger partial charge in [-0.25, -0.2) is 0 Å². The summed E-state index contributed by atoms with van der Waals surface area (Å²) in [6, 6.07) is -1.29. The number of hydrogen-bond donors (Lipinski definition) is 5. The largest absolute Gasteiger partial charge is 0.355 e. The summed E-state index contributed by atoms with van der Waals surface area (Å²) in [5.41, 5.74) is 7.69. The lowest BCUT2D eigenvalue weighted by Gasteiger charge is -2.18. The smallest absolute Gasteiger partial charge is 0.239 e. The molecule has 0 aromatic heterocycles. The summed E-state index contributed by atoms with van der Waals surface area (Å²) in [6.45, 7) is 5.48. The third kappa shape index (κ3) is 8.71. The Kier molecular flexibility index (Phi) is 10.3. The molecule has 0 bridgehead atoms. The molecule has 0 aliphatic heterocycles. The molecule has 0 rings (SSSR count). The highest BCUT2D eigenvalue weighted by molar-refractivity contribution is 5.87. The molecule has 0 spiro atoms. The normalized spacial score (nSPS) is 13.5. The van der Waals surface area contributed by atoms with E-state index >= 15 is 0 Å². The molecule has 22 heavy (non-hydrogen) atoms. The first-order valence-corrected chi connectivity index (χ1v) is 7.49. The molecule has 0 radical (unpaired) electrons. The number of amides is 2. The van der Waals surface area contributed by atoms with Crippen molar-refractivity contribution >= 4 is 17.6 Å². The van der Waals surface area contributed by atoms with Crippen LogP contribution in [0, 0.1) is 5.92 Å². The van der Waals surface area contributed by atoms with Gasteiger partial charge in [-0.15, -0.1) is 0 Å². The van der Waals surface area contributed by atoms with Crippen LogP contribution in [0.5, 0.6) is 0 Å². The predicted molar refractivity (Wildman–Crippen MR) is 82.1 cm³/mol. The number of unbranched alkanes of at least 4 members (excludes halogenated alkanes) is 1. The Morgan fingerprint density at radius 3 is 2.23 bits per heavy atom. The average molecular weight is 316 g/mol. The van der Waals surface area contributed by atoms with Gasteiger partial charge in [0, 0.05) is 6.54 Å². The van der Waals surface area contributed by atoms with Gasteiger partial charge >= 0.3 is 0 Å². The maximum absolute atomic E-state index is 11.7. The highest BCUT2D eigenvalue weighted by Gasteiger charge is 2.20. The number of ketones is 1. The molecule has 8 nitrogen and oxygen atoms in total. The number of nitrogens with one attached hydrogen (secondary N) is 3. The third-order valence-electron chi connectivity index (χ3n) is 3.18. The molecule has 0 saturated carbocycles. The topological polar surface area (TPSA) is 134 Å². The third-order valence-corrected chi connectivity index (χ3v) is 3.18. The zero-order valence-corrected chi connectivity index (χ0v) is 13.5. The zero-order valence-electron chi connectivity index (χ0n) is 13.5. The number of nitrogens with two attached hydrogens (primary N) is 1. The lowest BCUT2D eigenvalue weighted by molar-refractivity contribution is -0.127. The Morgan fingerprint density at radius 2 is 1.73 bits per heavy atom. The van der Waals surface area contributed by atoms with E-state index in [9.17, 15) is 14.4 Å². The van der Waals surface area contributed by atoms with E-state index in [1.54, 1.807) is 0 Å². The fourth-order valence-electron chi connectivity index (χ4n) is 1.80. The molecule has 0 aromatic rings. The molecule has 0 aliphatic rings. The predicted octanol–water partition coefficient (Wildman–Crippen LogP) is -0.691. The van der Waals surface area contributed by atoms with E-state index in [0.717, 1.165) is 0 Å². The van der Waals surface area contributed by atoms with Crippen LogP contribution in [0.3, 0.4) is 0 Å². The second kappa shape index (κ2) is 11.1. The lowest BCUT2D eigenvalue weighted by Crippen LogP contribution is -2.46. The monoisotopic (exact) mass is 316 g/mol. The second-order valence-electron chi connectivity index (χ2n) is 5.66. The van der Waals surface area contributed by atoms with Gasteiger partial charge in [-0.05, 0) is 32.1 Å². The highest BCUT2D eigenvalue weighted by atomic mass is 16.5. The van der Waals surface area contributed by atoms with E-state index in [1.807, 2.05) is 19.3 Å². The average Bonchev–Trinajstić information content (AvgIpc) is 2.44. The molecular formula is C14H28N4O4. The maximum Gasteiger partial charge on any atom is 0.239 e. The molecule has 128 valence electrons. The minimum atomic E-state index is -0.655. The van der Waals surface area contributed by atoms with Crippen LogP contribution >= 0.6 is 0 Å². The first-order valence-electron chi connectivity index (χ1n) is 7.49.